The number of rotatable bonds is 3. The first kappa shape index (κ1) is 14.0. The van der Waals surface area contributed by atoms with Crippen molar-refractivity contribution in [3.63, 3.8) is 0 Å². The molecule has 0 atom stereocenters. The van der Waals surface area contributed by atoms with E-state index < -0.39 is 5.60 Å². The van der Waals surface area contributed by atoms with Crippen LogP contribution < -0.4 is 10.6 Å². The number of amides is 1. The molecule has 1 aromatic heterocycles. The smallest absolute Gasteiger partial charge is 0.256 e. The number of hydrogen-bond donors (Lipinski definition) is 2. The van der Waals surface area contributed by atoms with E-state index in [2.05, 4.69) is 15.6 Å². The van der Waals surface area contributed by atoms with Crippen LogP contribution in [0.5, 0.6) is 0 Å². The Balaban J connectivity index is 1.81. The largest absolute Gasteiger partial charge is 0.441 e. The number of benzene rings is 1. The molecule has 1 aliphatic rings. The van der Waals surface area contributed by atoms with Crippen LogP contribution in [0, 0.1) is 6.92 Å². The molecule has 6 heteroatoms. The lowest BCUT2D eigenvalue weighted by Gasteiger charge is -2.34. The highest BCUT2D eigenvalue weighted by Crippen LogP contribution is 2.26. The molecular weight excluding hydrogens is 270 g/mol. The summed E-state index contributed by atoms with van der Waals surface area (Å²) in [6.07, 6.45) is 1.33. The average molecular weight is 289 g/mol. The van der Waals surface area contributed by atoms with Gasteiger partial charge in [-0.1, -0.05) is 0 Å². The van der Waals surface area contributed by atoms with Crippen LogP contribution in [0.3, 0.4) is 0 Å². The zero-order valence-corrected chi connectivity index (χ0v) is 12.2. The molecule has 0 spiro atoms. The first-order chi connectivity index (χ1) is 10.1. The van der Waals surface area contributed by atoms with Crippen molar-refractivity contribution in [1.29, 1.82) is 0 Å². The van der Waals surface area contributed by atoms with Crippen LogP contribution in [-0.4, -0.2) is 36.7 Å². The summed E-state index contributed by atoms with van der Waals surface area (Å²) in [5.41, 5.74) is 1.40. The molecule has 0 radical (unpaired) electrons. The van der Waals surface area contributed by atoms with E-state index in [1.165, 1.54) is 0 Å². The van der Waals surface area contributed by atoms with Crippen LogP contribution in [0.1, 0.15) is 18.7 Å². The quantitative estimate of drug-likeness (QED) is 0.901. The van der Waals surface area contributed by atoms with Crippen LogP contribution >= 0.6 is 0 Å². The van der Waals surface area contributed by atoms with Gasteiger partial charge in [-0.25, -0.2) is 4.98 Å². The van der Waals surface area contributed by atoms with E-state index in [0.29, 0.717) is 30.0 Å². The minimum Gasteiger partial charge on any atom is -0.441 e. The number of anilines is 1. The molecule has 0 saturated carbocycles. The maximum absolute atomic E-state index is 12.6. The van der Waals surface area contributed by atoms with Gasteiger partial charge in [0.05, 0.1) is 0 Å². The number of carbonyl (C=O) groups is 1. The van der Waals surface area contributed by atoms with E-state index in [9.17, 15) is 4.79 Å². The summed E-state index contributed by atoms with van der Waals surface area (Å²) in [6.45, 7) is 3.36. The number of fused-ring (bicyclic) bond motifs is 1. The van der Waals surface area contributed by atoms with Crippen LogP contribution in [0.25, 0.3) is 11.1 Å². The summed E-state index contributed by atoms with van der Waals surface area (Å²) in [5, 5.41) is 6.16. The molecule has 1 aliphatic heterocycles. The molecule has 2 aromatic rings. The van der Waals surface area contributed by atoms with Gasteiger partial charge in [-0.05, 0) is 38.1 Å². The van der Waals surface area contributed by atoms with E-state index >= 15 is 0 Å². The van der Waals surface area contributed by atoms with Crippen molar-refractivity contribution < 1.29 is 13.9 Å². The fourth-order valence-corrected chi connectivity index (χ4v) is 2.72. The molecule has 2 heterocycles. The second-order valence-electron chi connectivity index (χ2n) is 5.32. The third-order valence-electron chi connectivity index (χ3n) is 3.97. The van der Waals surface area contributed by atoms with E-state index in [0.717, 1.165) is 18.6 Å². The lowest BCUT2D eigenvalue weighted by atomic mass is 9.91. The maximum Gasteiger partial charge on any atom is 0.256 e. The van der Waals surface area contributed by atoms with Crippen molar-refractivity contribution in [3.05, 3.63) is 24.1 Å². The summed E-state index contributed by atoms with van der Waals surface area (Å²) in [7, 11) is 1.59. The Hall–Kier alpha value is -1.92. The van der Waals surface area contributed by atoms with E-state index in [4.69, 9.17) is 9.15 Å². The standard InChI is InChI=1S/C15H19N3O3/c1-10-17-12-4-3-11(9-13(12)21-10)18-14(19)15(20-2)5-7-16-8-6-15/h3-4,9,16H,5-8H2,1-2H3,(H,18,19). The Labute approximate surface area is 122 Å². The van der Waals surface area contributed by atoms with Crippen LogP contribution in [0.2, 0.25) is 0 Å². The fourth-order valence-electron chi connectivity index (χ4n) is 2.72. The van der Waals surface area contributed by atoms with Crippen molar-refractivity contribution in [2.75, 3.05) is 25.5 Å². The molecule has 21 heavy (non-hydrogen) atoms. The SMILES string of the molecule is COC1(C(=O)Nc2ccc3nc(C)oc3c2)CCNCC1. The molecule has 1 amide bonds. The zero-order chi connectivity index (χ0) is 14.9. The monoisotopic (exact) mass is 289 g/mol. The van der Waals surface area contributed by atoms with Crippen LogP contribution in [-0.2, 0) is 9.53 Å². The number of nitrogens with one attached hydrogen (secondary N) is 2. The van der Waals surface area contributed by atoms with Gasteiger partial charge < -0.3 is 19.8 Å². The topological polar surface area (TPSA) is 76.4 Å². The molecule has 1 saturated heterocycles. The lowest BCUT2D eigenvalue weighted by Crippen LogP contribution is -2.51. The predicted octanol–water partition coefficient (Wildman–Crippen LogP) is 1.84. The molecule has 1 fully saturated rings. The fraction of sp³-hybridized carbons (Fsp3) is 0.467. The van der Waals surface area contributed by atoms with Crippen molar-refractivity contribution in [2.24, 2.45) is 0 Å². The highest BCUT2D eigenvalue weighted by molar-refractivity contribution is 5.98. The van der Waals surface area contributed by atoms with Gasteiger partial charge in [0.1, 0.15) is 11.1 Å². The third kappa shape index (κ3) is 2.64. The van der Waals surface area contributed by atoms with Gasteiger partial charge in [-0.3, -0.25) is 4.79 Å². The molecule has 3 rings (SSSR count). The lowest BCUT2D eigenvalue weighted by molar-refractivity contribution is -0.140. The number of oxazole rings is 1. The molecule has 1 aromatic carbocycles. The Morgan fingerprint density at radius 1 is 1.43 bits per heavy atom. The van der Waals surface area contributed by atoms with Crippen molar-refractivity contribution in [3.8, 4) is 0 Å². The zero-order valence-electron chi connectivity index (χ0n) is 12.2. The van der Waals surface area contributed by atoms with Crippen molar-refractivity contribution in [2.45, 2.75) is 25.4 Å². The van der Waals surface area contributed by atoms with Gasteiger partial charge in [-0.2, -0.15) is 0 Å². The van der Waals surface area contributed by atoms with Gasteiger partial charge >= 0.3 is 0 Å². The predicted molar refractivity (Wildman–Crippen MR) is 79.2 cm³/mol. The van der Waals surface area contributed by atoms with Crippen LogP contribution in [0.4, 0.5) is 5.69 Å². The van der Waals surface area contributed by atoms with Gasteiger partial charge in [0.25, 0.3) is 5.91 Å². The summed E-state index contributed by atoms with van der Waals surface area (Å²) < 4.78 is 11.0. The molecule has 112 valence electrons. The first-order valence-corrected chi connectivity index (χ1v) is 7.07. The Kier molecular flexibility index (Phi) is 3.65. The van der Waals surface area contributed by atoms with Gasteiger partial charge in [0.15, 0.2) is 11.5 Å². The van der Waals surface area contributed by atoms with Gasteiger partial charge in [0.2, 0.25) is 0 Å². The molecule has 6 nitrogen and oxygen atoms in total. The summed E-state index contributed by atoms with van der Waals surface area (Å²) in [5.74, 6) is 0.502. The second kappa shape index (κ2) is 5.46. The molecule has 0 aliphatic carbocycles. The molecule has 0 bridgehead atoms. The highest BCUT2D eigenvalue weighted by atomic mass is 16.5. The number of ether oxygens (including phenoxy) is 1. The highest BCUT2D eigenvalue weighted by Gasteiger charge is 2.39. The van der Waals surface area contributed by atoms with Crippen molar-refractivity contribution in [1.82, 2.24) is 10.3 Å². The number of hydrogen-bond acceptors (Lipinski definition) is 5. The Morgan fingerprint density at radius 2 is 2.19 bits per heavy atom. The minimum atomic E-state index is -0.752. The number of methoxy groups -OCH3 is 1. The summed E-state index contributed by atoms with van der Waals surface area (Å²) in [6, 6.07) is 5.45. The number of nitrogens with zero attached hydrogens (tertiary/aromatic N) is 1. The maximum atomic E-state index is 12.6. The van der Waals surface area contributed by atoms with E-state index in [1.54, 1.807) is 20.1 Å². The molecular formula is C15H19N3O3. The molecule has 0 unspecified atom stereocenters. The Bertz CT molecular complexity index is 659. The second-order valence-corrected chi connectivity index (χ2v) is 5.32. The van der Waals surface area contributed by atoms with Gasteiger partial charge in [0, 0.05) is 25.8 Å². The number of piperidine rings is 1. The van der Waals surface area contributed by atoms with E-state index in [1.807, 2.05) is 12.1 Å². The minimum absolute atomic E-state index is 0.109. The average Bonchev–Trinajstić information content (AvgIpc) is 2.87. The third-order valence-corrected chi connectivity index (χ3v) is 3.97. The number of aromatic nitrogens is 1. The normalized spacial score (nSPS) is 17.8. The summed E-state index contributed by atoms with van der Waals surface area (Å²) >= 11 is 0. The molecule has 2 N–H and O–H groups in total. The van der Waals surface area contributed by atoms with Gasteiger partial charge in [-0.15, -0.1) is 0 Å². The Morgan fingerprint density at radius 3 is 2.90 bits per heavy atom. The number of carbonyl (C=O) groups excluding carboxylic acids is 1. The van der Waals surface area contributed by atoms with Crippen LogP contribution in [0.15, 0.2) is 22.6 Å². The number of aryl methyl sites for hydroxylation is 1. The van der Waals surface area contributed by atoms with Crippen molar-refractivity contribution >= 4 is 22.7 Å². The van der Waals surface area contributed by atoms with E-state index in [-0.39, 0.29) is 5.91 Å². The summed E-state index contributed by atoms with van der Waals surface area (Å²) in [4.78, 5) is 16.8. The first-order valence-electron chi connectivity index (χ1n) is 7.07.